The van der Waals surface area contributed by atoms with Crippen molar-refractivity contribution < 1.29 is 9.53 Å². The predicted octanol–water partition coefficient (Wildman–Crippen LogP) is 4.70. The minimum atomic E-state index is -0.601. The summed E-state index contributed by atoms with van der Waals surface area (Å²) in [6.45, 7) is 0.766. The Morgan fingerprint density at radius 2 is 1.84 bits per heavy atom. The van der Waals surface area contributed by atoms with Gasteiger partial charge in [0, 0.05) is 22.6 Å². The minimum Gasteiger partial charge on any atom is -0.329 e. The first kappa shape index (κ1) is 16.1. The highest BCUT2D eigenvalue weighted by Gasteiger charge is 2.64. The maximum absolute atomic E-state index is 13.3. The molecule has 0 aliphatic carbocycles. The molecule has 4 fully saturated rings. The molecule has 4 atom stereocenters. The Bertz CT molecular complexity index is 816. The number of ether oxygens (including phenoxy) is 1. The summed E-state index contributed by atoms with van der Waals surface area (Å²) in [4.78, 5) is 15.2. The molecule has 0 unspecified atom stereocenters. The van der Waals surface area contributed by atoms with Gasteiger partial charge in [0.1, 0.15) is 6.10 Å². The predicted molar refractivity (Wildman–Crippen MR) is 102 cm³/mol. The Kier molecular flexibility index (Phi) is 3.82. The molecule has 0 N–H and O–H groups in total. The zero-order chi connectivity index (χ0) is 17.0. The van der Waals surface area contributed by atoms with Crippen LogP contribution in [0.1, 0.15) is 22.5 Å². The first-order valence-corrected chi connectivity index (χ1v) is 10.5. The van der Waals surface area contributed by atoms with Crippen LogP contribution in [0.5, 0.6) is 0 Å². The third kappa shape index (κ3) is 2.44. The third-order valence-corrected chi connectivity index (χ3v) is 8.41. The highest BCUT2D eigenvalue weighted by Crippen LogP contribution is 2.66. The molecule has 6 rings (SSSR count). The highest BCUT2D eigenvalue weighted by atomic mass is 35.5. The van der Waals surface area contributed by atoms with Crippen molar-refractivity contribution in [3.8, 4) is 0 Å². The standard InChI is InChI=1S/C19H16ClNO2S2/c20-14-8-6-12(7-9-14)16-15-17(13-4-2-1-3-5-13)25-19(23-16)21(18(15)22)10-11-24-19/h1-9,15-17H,10-11H2/t15-,16-,17-,19-/m0/s1. The lowest BCUT2D eigenvalue weighted by molar-refractivity contribution is -0.182. The smallest absolute Gasteiger partial charge is 0.243 e. The molecule has 1 spiro atoms. The second kappa shape index (κ2) is 5.95. The van der Waals surface area contributed by atoms with E-state index in [0.29, 0.717) is 5.02 Å². The zero-order valence-electron chi connectivity index (χ0n) is 13.3. The van der Waals surface area contributed by atoms with Gasteiger partial charge in [-0.1, -0.05) is 77.6 Å². The molecule has 1 amide bonds. The van der Waals surface area contributed by atoms with Crippen LogP contribution in [-0.4, -0.2) is 27.5 Å². The Labute approximate surface area is 160 Å². The molecule has 4 saturated heterocycles. The fraction of sp³-hybridized carbons (Fsp3) is 0.316. The van der Waals surface area contributed by atoms with Crippen LogP contribution in [0.15, 0.2) is 54.6 Å². The number of amides is 1. The summed E-state index contributed by atoms with van der Waals surface area (Å²) in [5.74, 6) is 0.915. The van der Waals surface area contributed by atoms with E-state index in [1.54, 1.807) is 23.5 Å². The Balaban J connectivity index is 1.61. The molecule has 3 nitrogen and oxygen atoms in total. The molecular weight excluding hydrogens is 374 g/mol. The van der Waals surface area contributed by atoms with E-state index in [0.717, 1.165) is 17.9 Å². The van der Waals surface area contributed by atoms with Gasteiger partial charge in [-0.15, -0.1) is 0 Å². The average molecular weight is 390 g/mol. The van der Waals surface area contributed by atoms with Crippen molar-refractivity contribution in [2.45, 2.75) is 15.7 Å². The van der Waals surface area contributed by atoms with Crippen molar-refractivity contribution in [3.05, 3.63) is 70.7 Å². The summed E-state index contributed by atoms with van der Waals surface area (Å²) >= 11 is 9.56. The molecule has 0 aromatic heterocycles. The number of benzene rings is 2. The van der Waals surface area contributed by atoms with E-state index in [9.17, 15) is 4.79 Å². The van der Waals surface area contributed by atoms with Crippen LogP contribution in [0, 0.1) is 5.92 Å². The van der Waals surface area contributed by atoms with Crippen molar-refractivity contribution in [1.29, 1.82) is 0 Å². The van der Waals surface area contributed by atoms with Gasteiger partial charge in [-0.2, -0.15) is 0 Å². The zero-order valence-corrected chi connectivity index (χ0v) is 15.7. The number of carbonyl (C=O) groups excluding carboxylic acids is 1. The lowest BCUT2D eigenvalue weighted by Gasteiger charge is -2.55. The molecule has 4 heterocycles. The van der Waals surface area contributed by atoms with Gasteiger partial charge in [0.25, 0.3) is 0 Å². The normalized spacial score (nSPS) is 33.6. The van der Waals surface area contributed by atoms with Crippen LogP contribution >= 0.6 is 35.1 Å². The molecule has 2 aromatic rings. The van der Waals surface area contributed by atoms with E-state index in [4.69, 9.17) is 16.3 Å². The van der Waals surface area contributed by atoms with Gasteiger partial charge in [-0.05, 0) is 23.3 Å². The second-order valence-electron chi connectivity index (χ2n) is 6.43. The number of rotatable bonds is 2. The van der Waals surface area contributed by atoms with Crippen LogP contribution in [0.4, 0.5) is 0 Å². The van der Waals surface area contributed by atoms with E-state index in [2.05, 4.69) is 12.1 Å². The van der Waals surface area contributed by atoms with Gasteiger partial charge in [0.15, 0.2) is 0 Å². The summed E-state index contributed by atoms with van der Waals surface area (Å²) in [6.07, 6.45) is -0.238. The lowest BCUT2D eigenvalue weighted by atomic mass is 9.86. The largest absolute Gasteiger partial charge is 0.329 e. The van der Waals surface area contributed by atoms with Crippen LogP contribution in [0.25, 0.3) is 0 Å². The molecule has 2 aromatic carbocycles. The van der Waals surface area contributed by atoms with E-state index < -0.39 is 4.39 Å². The Hall–Kier alpha value is -1.14. The molecule has 0 saturated carbocycles. The quantitative estimate of drug-likeness (QED) is 0.744. The van der Waals surface area contributed by atoms with E-state index in [1.807, 2.05) is 47.4 Å². The van der Waals surface area contributed by atoms with Gasteiger partial charge in [-0.3, -0.25) is 9.69 Å². The topological polar surface area (TPSA) is 29.5 Å². The average Bonchev–Trinajstić information content (AvgIpc) is 3.07. The summed E-state index contributed by atoms with van der Waals surface area (Å²) in [6, 6.07) is 18.0. The van der Waals surface area contributed by atoms with Crippen molar-refractivity contribution >= 4 is 41.0 Å². The van der Waals surface area contributed by atoms with Crippen molar-refractivity contribution in [2.75, 3.05) is 12.3 Å². The second-order valence-corrected chi connectivity index (χ2v) is 9.67. The number of nitrogens with zero attached hydrogens (tertiary/aromatic N) is 1. The van der Waals surface area contributed by atoms with E-state index in [-0.39, 0.29) is 23.2 Å². The van der Waals surface area contributed by atoms with Crippen LogP contribution < -0.4 is 0 Å². The molecule has 25 heavy (non-hydrogen) atoms. The van der Waals surface area contributed by atoms with Crippen molar-refractivity contribution in [1.82, 2.24) is 4.90 Å². The molecule has 6 heteroatoms. The highest BCUT2D eigenvalue weighted by molar-refractivity contribution is 8.18. The van der Waals surface area contributed by atoms with E-state index in [1.165, 1.54) is 5.56 Å². The van der Waals surface area contributed by atoms with E-state index >= 15 is 0 Å². The number of hydrogen-bond donors (Lipinski definition) is 0. The summed E-state index contributed by atoms with van der Waals surface area (Å²) in [7, 11) is 0. The molecule has 4 aliphatic heterocycles. The van der Waals surface area contributed by atoms with Crippen LogP contribution in [0.3, 0.4) is 0 Å². The van der Waals surface area contributed by atoms with Gasteiger partial charge < -0.3 is 4.74 Å². The maximum atomic E-state index is 13.3. The first-order valence-electron chi connectivity index (χ1n) is 8.29. The van der Waals surface area contributed by atoms with Gasteiger partial charge in [0.05, 0.1) is 5.92 Å². The molecule has 4 aliphatic rings. The first-order chi connectivity index (χ1) is 12.2. The van der Waals surface area contributed by atoms with Crippen LogP contribution in [-0.2, 0) is 9.53 Å². The summed E-state index contributed by atoms with van der Waals surface area (Å²) < 4.78 is 5.93. The molecule has 2 bridgehead atoms. The van der Waals surface area contributed by atoms with Crippen LogP contribution in [0.2, 0.25) is 5.02 Å². The number of thioether (sulfide) groups is 2. The fourth-order valence-electron chi connectivity index (χ4n) is 3.86. The molecule has 128 valence electrons. The third-order valence-electron chi connectivity index (χ3n) is 5.01. The summed E-state index contributed by atoms with van der Waals surface area (Å²) in [5.41, 5.74) is 2.22. The summed E-state index contributed by atoms with van der Waals surface area (Å²) in [5, 5.41) is 0.796. The SMILES string of the molecule is O=C1[C@H]2[C@H](c3ccc(Cl)cc3)O[C@@]3(SCCN13)S[C@H]2c1ccccc1. The minimum absolute atomic E-state index is 0.102. The monoisotopic (exact) mass is 389 g/mol. The number of carbonyl (C=O) groups is 1. The van der Waals surface area contributed by atoms with Gasteiger partial charge >= 0.3 is 0 Å². The van der Waals surface area contributed by atoms with Gasteiger partial charge in [0.2, 0.25) is 10.3 Å². The van der Waals surface area contributed by atoms with Gasteiger partial charge in [-0.25, -0.2) is 0 Å². The number of hydrogen-bond acceptors (Lipinski definition) is 4. The fourth-order valence-corrected chi connectivity index (χ4v) is 7.35. The Morgan fingerprint density at radius 3 is 2.60 bits per heavy atom. The molecular formula is C19H16ClNO2S2. The maximum Gasteiger partial charge on any atom is 0.243 e. The Morgan fingerprint density at radius 1 is 1.08 bits per heavy atom. The lowest BCUT2D eigenvalue weighted by Crippen LogP contribution is -2.60. The molecule has 0 radical (unpaired) electrons. The van der Waals surface area contributed by atoms with Crippen molar-refractivity contribution in [2.24, 2.45) is 5.92 Å². The number of halogens is 1. The van der Waals surface area contributed by atoms with Crippen molar-refractivity contribution in [3.63, 3.8) is 0 Å². The number of fused-ring (bicyclic) bond motifs is 2.